The second kappa shape index (κ2) is 11.6. The Balaban J connectivity index is 0.00000364. The molecule has 0 spiro atoms. The Labute approximate surface area is 166 Å². The van der Waals surface area contributed by atoms with Crippen LogP contribution in [-0.2, 0) is 14.4 Å². The van der Waals surface area contributed by atoms with Gasteiger partial charge in [-0.05, 0) is 37.9 Å². The number of likely N-dealkylation sites (tertiary alicyclic amines) is 1. The molecule has 27 heavy (non-hydrogen) atoms. The van der Waals surface area contributed by atoms with Crippen LogP contribution in [0, 0.1) is 5.92 Å². The third-order valence-corrected chi connectivity index (χ3v) is 4.52. The Bertz CT molecular complexity index is 619. The lowest BCUT2D eigenvalue weighted by molar-refractivity contribution is -0.140. The molecule has 1 aromatic rings. The average molecular weight is 398 g/mol. The number of anilines is 1. The molecule has 0 bridgehead atoms. The summed E-state index contributed by atoms with van der Waals surface area (Å²) in [6.07, 6.45) is 2.04. The first kappa shape index (κ1) is 22.9. The summed E-state index contributed by atoms with van der Waals surface area (Å²) in [4.78, 5) is 39.0. The molecule has 0 aliphatic carbocycles. The van der Waals surface area contributed by atoms with Crippen LogP contribution in [0.5, 0.6) is 0 Å². The number of amides is 2. The summed E-state index contributed by atoms with van der Waals surface area (Å²) in [5, 5.41) is 11.9. The van der Waals surface area contributed by atoms with E-state index >= 15 is 0 Å². The van der Waals surface area contributed by atoms with Gasteiger partial charge in [-0.25, -0.2) is 0 Å². The molecule has 0 unspecified atom stereocenters. The van der Waals surface area contributed by atoms with Crippen LogP contribution < -0.4 is 5.32 Å². The van der Waals surface area contributed by atoms with Crippen molar-refractivity contribution in [1.29, 1.82) is 0 Å². The third-order valence-electron chi connectivity index (χ3n) is 4.52. The van der Waals surface area contributed by atoms with E-state index in [4.69, 9.17) is 5.11 Å². The van der Waals surface area contributed by atoms with Crippen LogP contribution in [0.3, 0.4) is 0 Å². The lowest BCUT2D eigenvalue weighted by atomic mass is 9.95. The second-order valence-corrected chi connectivity index (χ2v) is 6.61. The number of carbonyl (C=O) groups excluding carboxylic acids is 2. The Hall–Kier alpha value is -2.12. The number of aliphatic carboxylic acids is 1. The molecule has 0 aromatic heterocycles. The van der Waals surface area contributed by atoms with Gasteiger partial charge in [-0.1, -0.05) is 25.1 Å². The SMILES string of the molecule is CCCN(CC(=O)O)CC(=O)N1CCC(C(=O)Nc2ccccc2)CC1.Cl. The zero-order chi connectivity index (χ0) is 18.9. The van der Waals surface area contributed by atoms with E-state index in [-0.39, 0.29) is 43.2 Å². The van der Waals surface area contributed by atoms with Gasteiger partial charge in [0.1, 0.15) is 0 Å². The van der Waals surface area contributed by atoms with E-state index in [0.717, 1.165) is 12.1 Å². The predicted molar refractivity (Wildman–Crippen MR) is 106 cm³/mol. The first-order valence-electron chi connectivity index (χ1n) is 9.07. The molecule has 1 aliphatic rings. The van der Waals surface area contributed by atoms with Gasteiger partial charge in [-0.3, -0.25) is 19.3 Å². The molecule has 0 atom stereocenters. The maximum absolute atomic E-state index is 12.4. The minimum Gasteiger partial charge on any atom is -0.480 e. The first-order valence-corrected chi connectivity index (χ1v) is 9.07. The minimum atomic E-state index is -0.928. The third kappa shape index (κ3) is 7.56. The molecule has 2 rings (SSSR count). The highest BCUT2D eigenvalue weighted by Crippen LogP contribution is 2.19. The van der Waals surface area contributed by atoms with E-state index < -0.39 is 5.97 Å². The molecule has 0 saturated carbocycles. The zero-order valence-corrected chi connectivity index (χ0v) is 16.4. The minimum absolute atomic E-state index is 0. The number of carboxylic acid groups (broad SMARTS) is 1. The number of halogens is 1. The summed E-state index contributed by atoms with van der Waals surface area (Å²) in [6.45, 7) is 3.57. The molecule has 7 nitrogen and oxygen atoms in total. The lowest BCUT2D eigenvalue weighted by Gasteiger charge is -2.32. The highest BCUT2D eigenvalue weighted by molar-refractivity contribution is 5.92. The van der Waals surface area contributed by atoms with Crippen LogP contribution in [0.2, 0.25) is 0 Å². The molecule has 1 aliphatic heterocycles. The first-order chi connectivity index (χ1) is 12.5. The topological polar surface area (TPSA) is 90.0 Å². The van der Waals surface area contributed by atoms with Crippen LogP contribution in [0.15, 0.2) is 30.3 Å². The van der Waals surface area contributed by atoms with Crippen LogP contribution in [-0.4, -0.2) is 65.4 Å². The molecule has 150 valence electrons. The number of carbonyl (C=O) groups is 3. The van der Waals surface area contributed by atoms with E-state index in [2.05, 4.69) is 5.32 Å². The number of para-hydroxylation sites is 1. The van der Waals surface area contributed by atoms with Gasteiger partial charge in [0.25, 0.3) is 0 Å². The smallest absolute Gasteiger partial charge is 0.317 e. The highest BCUT2D eigenvalue weighted by Gasteiger charge is 2.28. The Kier molecular flexibility index (Phi) is 9.82. The van der Waals surface area contributed by atoms with Gasteiger partial charge < -0.3 is 15.3 Å². The molecule has 2 amide bonds. The van der Waals surface area contributed by atoms with E-state index in [9.17, 15) is 14.4 Å². The van der Waals surface area contributed by atoms with Crippen molar-refractivity contribution in [3.8, 4) is 0 Å². The average Bonchev–Trinajstić information content (AvgIpc) is 2.62. The molecule has 2 N–H and O–H groups in total. The predicted octanol–water partition coefficient (Wildman–Crippen LogP) is 2.08. The number of carboxylic acids is 1. The normalized spacial score (nSPS) is 14.5. The van der Waals surface area contributed by atoms with Crippen LogP contribution in [0.4, 0.5) is 5.69 Å². The Morgan fingerprint density at radius 2 is 1.78 bits per heavy atom. The highest BCUT2D eigenvalue weighted by atomic mass is 35.5. The molecule has 1 aromatic carbocycles. The van der Waals surface area contributed by atoms with Gasteiger partial charge in [0.05, 0.1) is 13.1 Å². The van der Waals surface area contributed by atoms with Crippen LogP contribution in [0.1, 0.15) is 26.2 Å². The largest absolute Gasteiger partial charge is 0.480 e. The summed E-state index contributed by atoms with van der Waals surface area (Å²) in [5.74, 6) is -1.11. The zero-order valence-electron chi connectivity index (χ0n) is 15.6. The van der Waals surface area contributed by atoms with Gasteiger partial charge in [0.15, 0.2) is 0 Å². The molecule has 8 heteroatoms. The van der Waals surface area contributed by atoms with Gasteiger partial charge in [0.2, 0.25) is 11.8 Å². The number of benzene rings is 1. The molecular weight excluding hydrogens is 370 g/mol. The molecule has 1 heterocycles. The van der Waals surface area contributed by atoms with E-state index in [0.29, 0.717) is 32.5 Å². The van der Waals surface area contributed by atoms with Crippen molar-refractivity contribution in [2.45, 2.75) is 26.2 Å². The molecule has 1 saturated heterocycles. The maximum Gasteiger partial charge on any atom is 0.317 e. The van der Waals surface area contributed by atoms with Crippen molar-refractivity contribution < 1.29 is 19.5 Å². The van der Waals surface area contributed by atoms with Crippen molar-refractivity contribution in [2.24, 2.45) is 5.92 Å². The van der Waals surface area contributed by atoms with Crippen LogP contribution in [0.25, 0.3) is 0 Å². The number of nitrogens with zero attached hydrogens (tertiary/aromatic N) is 2. The van der Waals surface area contributed by atoms with Crippen molar-refractivity contribution in [3.05, 3.63) is 30.3 Å². The van der Waals surface area contributed by atoms with Gasteiger partial charge in [-0.2, -0.15) is 0 Å². The quantitative estimate of drug-likeness (QED) is 0.701. The van der Waals surface area contributed by atoms with Gasteiger partial charge in [0, 0.05) is 24.7 Å². The number of hydrogen-bond donors (Lipinski definition) is 2. The van der Waals surface area contributed by atoms with Gasteiger partial charge >= 0.3 is 5.97 Å². The van der Waals surface area contributed by atoms with E-state index in [1.165, 1.54) is 0 Å². The Morgan fingerprint density at radius 1 is 1.15 bits per heavy atom. The standard InChI is InChI=1S/C19H27N3O4.ClH/c1-2-10-21(14-18(24)25)13-17(23)22-11-8-15(9-12-22)19(26)20-16-6-4-3-5-7-16;/h3-7,15H,2,8-14H2,1H3,(H,20,26)(H,24,25);1H. The summed E-state index contributed by atoms with van der Waals surface area (Å²) < 4.78 is 0. The number of rotatable bonds is 8. The number of piperidine rings is 1. The molecular formula is C19H28ClN3O4. The van der Waals surface area contributed by atoms with Crippen LogP contribution >= 0.6 is 12.4 Å². The Morgan fingerprint density at radius 3 is 2.33 bits per heavy atom. The van der Waals surface area contributed by atoms with E-state index in [1.807, 2.05) is 37.3 Å². The fourth-order valence-corrected chi connectivity index (χ4v) is 3.17. The van der Waals surface area contributed by atoms with E-state index in [1.54, 1.807) is 9.80 Å². The fraction of sp³-hybridized carbons (Fsp3) is 0.526. The van der Waals surface area contributed by atoms with Crippen molar-refractivity contribution in [1.82, 2.24) is 9.80 Å². The molecule has 1 fully saturated rings. The second-order valence-electron chi connectivity index (χ2n) is 6.61. The summed E-state index contributed by atoms with van der Waals surface area (Å²) in [6, 6.07) is 9.33. The maximum atomic E-state index is 12.4. The number of nitrogens with one attached hydrogen (secondary N) is 1. The monoisotopic (exact) mass is 397 g/mol. The van der Waals surface area contributed by atoms with Gasteiger partial charge in [-0.15, -0.1) is 12.4 Å². The van der Waals surface area contributed by atoms with Crippen molar-refractivity contribution in [2.75, 3.05) is 38.0 Å². The van der Waals surface area contributed by atoms with Crippen molar-refractivity contribution >= 4 is 35.9 Å². The fourth-order valence-electron chi connectivity index (χ4n) is 3.17. The van der Waals surface area contributed by atoms with Crippen molar-refractivity contribution in [3.63, 3.8) is 0 Å². The molecule has 0 radical (unpaired) electrons. The summed E-state index contributed by atoms with van der Waals surface area (Å²) in [7, 11) is 0. The lowest BCUT2D eigenvalue weighted by Crippen LogP contribution is -2.46. The summed E-state index contributed by atoms with van der Waals surface area (Å²) >= 11 is 0. The number of hydrogen-bond acceptors (Lipinski definition) is 4. The summed E-state index contributed by atoms with van der Waals surface area (Å²) in [5.41, 5.74) is 0.778.